The molecule has 0 fully saturated rings. The molecule has 158 valence electrons. The molecule has 2 aliphatic rings. The lowest BCUT2D eigenvalue weighted by Crippen LogP contribution is -2.36. The van der Waals surface area contributed by atoms with Gasteiger partial charge in [0.1, 0.15) is 0 Å². The van der Waals surface area contributed by atoms with Gasteiger partial charge in [0, 0.05) is 47.5 Å². The van der Waals surface area contributed by atoms with E-state index in [9.17, 15) is 4.79 Å². The second-order valence-electron chi connectivity index (χ2n) is 7.09. The molecule has 1 aliphatic heterocycles. The summed E-state index contributed by atoms with van der Waals surface area (Å²) in [6.45, 7) is 2.25. The molecular weight excluding hydrogens is 425 g/mol. The van der Waals surface area contributed by atoms with E-state index in [2.05, 4.69) is 11.4 Å². The molecule has 8 heteroatoms. The zero-order valence-corrected chi connectivity index (χ0v) is 17.8. The Balaban J connectivity index is 0.000000806. The number of benzene rings is 2. The number of anilines is 1. The van der Waals surface area contributed by atoms with Gasteiger partial charge in [-0.3, -0.25) is 9.59 Å². The lowest BCUT2D eigenvalue weighted by Gasteiger charge is -2.29. The van der Waals surface area contributed by atoms with E-state index in [1.165, 1.54) is 22.3 Å². The molecule has 2 aromatic carbocycles. The second kappa shape index (κ2) is 9.98. The van der Waals surface area contributed by atoms with Gasteiger partial charge in [-0.25, -0.2) is 0 Å². The van der Waals surface area contributed by atoms with Crippen molar-refractivity contribution in [3.63, 3.8) is 0 Å². The maximum Gasteiger partial charge on any atom is 0.290 e. The number of carbonyl (C=O) groups excluding carboxylic acids is 1. The number of nitrogens with two attached hydrogens (primary N) is 1. The minimum atomic E-state index is -0.250. The number of nitrogens with one attached hydrogen (secondary N) is 1. The van der Waals surface area contributed by atoms with E-state index in [1.54, 1.807) is 6.07 Å². The molecule has 1 amide bonds. The first kappa shape index (κ1) is 22.2. The van der Waals surface area contributed by atoms with Crippen LogP contribution in [0.5, 0.6) is 0 Å². The van der Waals surface area contributed by atoms with Gasteiger partial charge in [-0.15, -0.1) is 0 Å². The van der Waals surface area contributed by atoms with Crippen LogP contribution in [0.1, 0.15) is 27.9 Å². The lowest BCUT2D eigenvalue weighted by atomic mass is 9.98. The molecule has 0 radical (unpaired) electrons. The zero-order chi connectivity index (χ0) is 21.7. The van der Waals surface area contributed by atoms with Gasteiger partial charge in [0.25, 0.3) is 12.4 Å². The third-order valence-corrected chi connectivity index (χ3v) is 5.60. The normalized spacial score (nSPS) is 14.4. The summed E-state index contributed by atoms with van der Waals surface area (Å²) in [6, 6.07) is 11.4. The Morgan fingerprint density at radius 1 is 1.20 bits per heavy atom. The lowest BCUT2D eigenvalue weighted by molar-refractivity contribution is -0.122. The third-order valence-electron chi connectivity index (χ3n) is 5.15. The summed E-state index contributed by atoms with van der Waals surface area (Å²) in [5.74, 6) is 0.00818. The van der Waals surface area contributed by atoms with Crippen LogP contribution in [0.2, 0.25) is 10.0 Å². The Hall–Kier alpha value is -2.54. The summed E-state index contributed by atoms with van der Waals surface area (Å²) in [4.78, 5) is 23.3. The molecule has 2 aromatic rings. The van der Waals surface area contributed by atoms with Crippen LogP contribution in [0.4, 0.5) is 5.69 Å². The van der Waals surface area contributed by atoms with E-state index in [-0.39, 0.29) is 12.4 Å². The largest absolute Gasteiger partial charge is 0.483 e. The van der Waals surface area contributed by atoms with Crippen LogP contribution in [-0.4, -0.2) is 48.6 Å². The summed E-state index contributed by atoms with van der Waals surface area (Å²) >= 11 is 12.4. The van der Waals surface area contributed by atoms with Gasteiger partial charge < -0.3 is 21.1 Å². The molecule has 1 heterocycles. The molecule has 4 N–H and O–H groups in total. The fourth-order valence-corrected chi connectivity index (χ4v) is 4.32. The quantitative estimate of drug-likeness (QED) is 0.617. The Morgan fingerprint density at radius 2 is 1.97 bits per heavy atom. The van der Waals surface area contributed by atoms with Crippen molar-refractivity contribution in [1.29, 1.82) is 0 Å². The fourth-order valence-electron chi connectivity index (χ4n) is 3.92. The Labute approximate surface area is 185 Å². The Kier molecular flexibility index (Phi) is 7.37. The monoisotopic (exact) mass is 447 g/mol. The van der Waals surface area contributed by atoms with E-state index in [4.69, 9.17) is 38.8 Å². The number of hydrogen-bond acceptors (Lipinski definition) is 4. The number of halogens is 2. The van der Waals surface area contributed by atoms with Gasteiger partial charge in [-0.2, -0.15) is 0 Å². The molecule has 0 aromatic heterocycles. The standard InChI is InChI=1S/C21H21Cl2N3O.CH2O2/c22-16-2-1-13-7-15-12-26(6-3-19(15)20(13)11-16)21(27)14-8-17(23)10-18(9-14)25-5-4-24;2-1-3/h1-2,8-11,25H,3-7,12,24H2;1H,(H,2,3). The molecule has 0 unspecified atom stereocenters. The van der Waals surface area contributed by atoms with E-state index in [0.717, 1.165) is 23.6 Å². The number of amides is 1. The highest BCUT2D eigenvalue weighted by Gasteiger charge is 2.29. The van der Waals surface area contributed by atoms with Crippen LogP contribution in [-0.2, 0) is 11.2 Å². The van der Waals surface area contributed by atoms with Crippen molar-refractivity contribution in [2.24, 2.45) is 5.73 Å². The third kappa shape index (κ3) is 4.95. The Morgan fingerprint density at radius 3 is 2.70 bits per heavy atom. The number of carboxylic acid groups (broad SMARTS) is 1. The average molecular weight is 448 g/mol. The highest BCUT2D eigenvalue weighted by molar-refractivity contribution is 6.31. The number of fused-ring (bicyclic) bond motifs is 2. The van der Waals surface area contributed by atoms with Gasteiger partial charge in [0.15, 0.2) is 0 Å². The van der Waals surface area contributed by atoms with Crippen LogP contribution in [0.15, 0.2) is 42.0 Å². The first-order chi connectivity index (χ1) is 14.5. The van der Waals surface area contributed by atoms with Gasteiger partial charge in [0.2, 0.25) is 0 Å². The molecule has 0 saturated heterocycles. The predicted molar refractivity (Wildman–Crippen MR) is 120 cm³/mol. The summed E-state index contributed by atoms with van der Waals surface area (Å²) in [5.41, 5.74) is 12.2. The minimum Gasteiger partial charge on any atom is -0.483 e. The molecule has 4 rings (SSSR count). The van der Waals surface area contributed by atoms with Crippen LogP contribution in [0, 0.1) is 0 Å². The van der Waals surface area contributed by atoms with Crippen molar-refractivity contribution in [3.05, 3.63) is 68.7 Å². The average Bonchev–Trinajstić information content (AvgIpc) is 3.09. The predicted octanol–water partition coefficient (Wildman–Crippen LogP) is 3.92. The summed E-state index contributed by atoms with van der Waals surface area (Å²) in [5, 5.41) is 11.4. The van der Waals surface area contributed by atoms with Crippen molar-refractivity contribution < 1.29 is 14.7 Å². The van der Waals surface area contributed by atoms with Crippen molar-refractivity contribution in [2.75, 3.05) is 31.5 Å². The molecule has 0 bridgehead atoms. The van der Waals surface area contributed by atoms with Gasteiger partial charge in [-0.05, 0) is 65.4 Å². The van der Waals surface area contributed by atoms with Gasteiger partial charge in [0.05, 0.1) is 0 Å². The van der Waals surface area contributed by atoms with Crippen molar-refractivity contribution in [1.82, 2.24) is 4.90 Å². The van der Waals surface area contributed by atoms with Crippen molar-refractivity contribution >= 4 is 46.8 Å². The zero-order valence-electron chi connectivity index (χ0n) is 16.3. The number of nitrogens with zero attached hydrogens (tertiary/aromatic N) is 1. The van der Waals surface area contributed by atoms with Crippen LogP contribution < -0.4 is 11.1 Å². The smallest absolute Gasteiger partial charge is 0.290 e. The van der Waals surface area contributed by atoms with E-state index >= 15 is 0 Å². The summed E-state index contributed by atoms with van der Waals surface area (Å²) in [6.07, 6.45) is 1.75. The topological polar surface area (TPSA) is 95.7 Å². The van der Waals surface area contributed by atoms with Crippen LogP contribution >= 0.6 is 23.2 Å². The van der Waals surface area contributed by atoms with Gasteiger partial charge >= 0.3 is 0 Å². The molecule has 0 spiro atoms. The summed E-state index contributed by atoms with van der Waals surface area (Å²) in [7, 11) is 0. The fraction of sp³-hybridized carbons (Fsp3) is 0.273. The van der Waals surface area contributed by atoms with Crippen LogP contribution in [0.25, 0.3) is 5.57 Å². The number of rotatable bonds is 4. The maximum atomic E-state index is 13.1. The second-order valence-corrected chi connectivity index (χ2v) is 7.96. The first-order valence-corrected chi connectivity index (χ1v) is 10.3. The molecule has 30 heavy (non-hydrogen) atoms. The summed E-state index contributed by atoms with van der Waals surface area (Å²) < 4.78 is 0. The van der Waals surface area contributed by atoms with E-state index in [0.29, 0.717) is 36.8 Å². The molecule has 6 nitrogen and oxygen atoms in total. The van der Waals surface area contributed by atoms with Crippen LogP contribution in [0.3, 0.4) is 0 Å². The van der Waals surface area contributed by atoms with Crippen molar-refractivity contribution in [3.8, 4) is 0 Å². The van der Waals surface area contributed by atoms with E-state index in [1.807, 2.05) is 29.2 Å². The first-order valence-electron chi connectivity index (χ1n) is 9.58. The van der Waals surface area contributed by atoms with E-state index < -0.39 is 0 Å². The molecule has 1 aliphatic carbocycles. The highest BCUT2D eigenvalue weighted by Crippen LogP contribution is 2.39. The number of hydrogen-bond donors (Lipinski definition) is 3. The maximum absolute atomic E-state index is 13.1. The minimum absolute atomic E-state index is 0.00818. The highest BCUT2D eigenvalue weighted by atomic mass is 35.5. The SMILES string of the molecule is NCCNc1cc(Cl)cc(C(=O)N2CCC3=C(Cc4ccc(Cl)cc43)C2)c1.O=CO. The van der Waals surface area contributed by atoms with Gasteiger partial charge in [-0.1, -0.05) is 29.3 Å². The Bertz CT molecular complexity index is 992. The molecular formula is C22H23Cl2N3O3. The molecule has 0 atom stereocenters. The van der Waals surface area contributed by atoms with Crippen molar-refractivity contribution in [2.45, 2.75) is 12.8 Å². The number of carbonyl (C=O) groups is 2. The molecule has 0 saturated carbocycles.